The number of nitrogen functional groups attached to an aromatic ring is 1. The van der Waals surface area contributed by atoms with Crippen LogP contribution < -0.4 is 10.5 Å². The van der Waals surface area contributed by atoms with Crippen LogP contribution in [-0.2, 0) is 0 Å². The number of rotatable bonds is 2. The highest BCUT2D eigenvalue weighted by Gasteiger charge is 2.02. The Hall–Kier alpha value is -1.03. The van der Waals surface area contributed by atoms with Crippen molar-refractivity contribution >= 4 is 17.4 Å². The molecule has 0 radical (unpaired) electrons. The third-order valence-electron chi connectivity index (χ3n) is 1.02. The molecule has 0 saturated carbocycles. The normalized spacial score (nSPS) is 9.64. The first-order chi connectivity index (χ1) is 5.24. The summed E-state index contributed by atoms with van der Waals surface area (Å²) in [5.74, 6) is 0.552. The molecule has 0 amide bonds. The molecule has 0 aliphatic heterocycles. The Bertz CT molecular complexity index is 254. The van der Waals surface area contributed by atoms with Crippen molar-refractivity contribution in [3.63, 3.8) is 0 Å². The van der Waals surface area contributed by atoms with Crippen LogP contribution in [0.5, 0.6) is 5.88 Å². The fraction of sp³-hybridized carbons (Fsp3) is 0.333. The van der Waals surface area contributed by atoms with Gasteiger partial charge in [0, 0.05) is 0 Å². The van der Waals surface area contributed by atoms with Gasteiger partial charge in [0.05, 0.1) is 12.8 Å². The van der Waals surface area contributed by atoms with E-state index < -0.39 is 0 Å². The quantitative estimate of drug-likeness (QED) is 0.728. The number of hydrogen-bond donors (Lipinski definition) is 1. The molecule has 0 spiro atoms. The Morgan fingerprint density at radius 1 is 1.73 bits per heavy atom. The third-order valence-corrected chi connectivity index (χ3v) is 1.20. The molecule has 11 heavy (non-hydrogen) atoms. The fourth-order valence-electron chi connectivity index (χ4n) is 0.618. The summed E-state index contributed by atoms with van der Waals surface area (Å²) in [7, 11) is 0. The van der Waals surface area contributed by atoms with E-state index in [1.807, 2.05) is 6.92 Å². The van der Waals surface area contributed by atoms with Crippen molar-refractivity contribution in [3.05, 3.63) is 11.3 Å². The van der Waals surface area contributed by atoms with E-state index in [1.165, 1.54) is 6.20 Å². The molecule has 4 nitrogen and oxygen atoms in total. The van der Waals surface area contributed by atoms with Crippen molar-refractivity contribution in [1.82, 2.24) is 9.97 Å². The minimum absolute atomic E-state index is 0.222. The first-order valence-corrected chi connectivity index (χ1v) is 3.52. The molecule has 60 valence electrons. The van der Waals surface area contributed by atoms with Crippen molar-refractivity contribution in [2.24, 2.45) is 0 Å². The summed E-state index contributed by atoms with van der Waals surface area (Å²) >= 11 is 5.51. The van der Waals surface area contributed by atoms with Gasteiger partial charge in [0.25, 0.3) is 5.88 Å². The summed E-state index contributed by atoms with van der Waals surface area (Å²) < 4.78 is 5.03. The topological polar surface area (TPSA) is 61.0 Å². The smallest absolute Gasteiger partial charge is 0.257 e. The molecule has 1 rings (SSSR count). The third kappa shape index (κ3) is 1.94. The molecule has 5 heteroatoms. The molecule has 0 unspecified atom stereocenters. The molecule has 0 aliphatic carbocycles. The van der Waals surface area contributed by atoms with Gasteiger partial charge in [-0.3, -0.25) is 0 Å². The average Bonchev–Trinajstić information content (AvgIpc) is 1.95. The number of hydrogen-bond acceptors (Lipinski definition) is 4. The van der Waals surface area contributed by atoms with Gasteiger partial charge in [-0.25, -0.2) is 9.97 Å². The SMILES string of the molecule is CCOc1ncc(Cl)nc1N. The summed E-state index contributed by atoms with van der Waals surface area (Å²) in [4.78, 5) is 7.57. The molecule has 1 aromatic heterocycles. The second kappa shape index (κ2) is 3.39. The van der Waals surface area contributed by atoms with Crippen LogP contribution in [0.2, 0.25) is 5.15 Å². The highest BCUT2D eigenvalue weighted by molar-refractivity contribution is 6.29. The number of halogens is 1. The van der Waals surface area contributed by atoms with Crippen LogP contribution in [0, 0.1) is 0 Å². The van der Waals surface area contributed by atoms with E-state index in [0.717, 1.165) is 0 Å². The van der Waals surface area contributed by atoms with Gasteiger partial charge in [0.15, 0.2) is 5.82 Å². The van der Waals surface area contributed by atoms with Gasteiger partial charge < -0.3 is 10.5 Å². The molecule has 0 atom stereocenters. The lowest BCUT2D eigenvalue weighted by molar-refractivity contribution is 0.327. The summed E-state index contributed by atoms with van der Waals surface area (Å²) in [6, 6.07) is 0. The Morgan fingerprint density at radius 2 is 2.45 bits per heavy atom. The Morgan fingerprint density at radius 3 is 3.00 bits per heavy atom. The maximum absolute atomic E-state index is 5.51. The summed E-state index contributed by atoms with van der Waals surface area (Å²) in [5, 5.41) is 0.269. The average molecular weight is 174 g/mol. The molecular formula is C6H8ClN3O. The molecule has 0 aromatic carbocycles. The van der Waals surface area contributed by atoms with Crippen molar-refractivity contribution in [2.75, 3.05) is 12.3 Å². The van der Waals surface area contributed by atoms with Gasteiger partial charge in [-0.1, -0.05) is 11.6 Å². The fourth-order valence-corrected chi connectivity index (χ4v) is 0.758. The van der Waals surface area contributed by atoms with E-state index in [9.17, 15) is 0 Å². The molecule has 0 saturated heterocycles. The van der Waals surface area contributed by atoms with Gasteiger partial charge >= 0.3 is 0 Å². The van der Waals surface area contributed by atoms with E-state index >= 15 is 0 Å². The van der Waals surface area contributed by atoms with Crippen LogP contribution in [0.1, 0.15) is 6.92 Å². The van der Waals surface area contributed by atoms with Crippen LogP contribution in [0.15, 0.2) is 6.20 Å². The molecule has 2 N–H and O–H groups in total. The van der Waals surface area contributed by atoms with Crippen molar-refractivity contribution < 1.29 is 4.74 Å². The molecule has 1 aromatic rings. The minimum atomic E-state index is 0.222. The Labute approximate surface area is 69.4 Å². The molecule has 0 fully saturated rings. The predicted octanol–water partition coefficient (Wildman–Crippen LogP) is 1.11. The predicted molar refractivity (Wildman–Crippen MR) is 42.6 cm³/mol. The number of ether oxygens (including phenoxy) is 1. The van der Waals surface area contributed by atoms with Crippen molar-refractivity contribution in [3.8, 4) is 5.88 Å². The second-order valence-electron chi connectivity index (χ2n) is 1.82. The van der Waals surface area contributed by atoms with Gasteiger partial charge in [-0.15, -0.1) is 0 Å². The van der Waals surface area contributed by atoms with E-state index in [1.54, 1.807) is 0 Å². The first-order valence-electron chi connectivity index (χ1n) is 3.15. The van der Waals surface area contributed by atoms with Gasteiger partial charge in [0.2, 0.25) is 0 Å². The van der Waals surface area contributed by atoms with Crippen molar-refractivity contribution in [2.45, 2.75) is 6.92 Å². The van der Waals surface area contributed by atoms with E-state index in [2.05, 4.69) is 9.97 Å². The summed E-state index contributed by atoms with van der Waals surface area (Å²) in [5.41, 5.74) is 5.42. The maximum atomic E-state index is 5.51. The number of anilines is 1. The highest BCUT2D eigenvalue weighted by atomic mass is 35.5. The zero-order valence-electron chi connectivity index (χ0n) is 6.04. The first kappa shape index (κ1) is 8.07. The van der Waals surface area contributed by atoms with Crippen LogP contribution in [0.3, 0.4) is 0 Å². The number of nitrogens with two attached hydrogens (primary N) is 1. The Kier molecular flexibility index (Phi) is 2.48. The monoisotopic (exact) mass is 173 g/mol. The van der Waals surface area contributed by atoms with Gasteiger partial charge in [0.1, 0.15) is 5.15 Å². The van der Waals surface area contributed by atoms with Gasteiger partial charge in [-0.2, -0.15) is 0 Å². The van der Waals surface area contributed by atoms with E-state index in [0.29, 0.717) is 12.5 Å². The molecule has 0 aliphatic rings. The van der Waals surface area contributed by atoms with Gasteiger partial charge in [-0.05, 0) is 6.92 Å². The second-order valence-corrected chi connectivity index (χ2v) is 2.20. The zero-order valence-corrected chi connectivity index (χ0v) is 6.80. The lowest BCUT2D eigenvalue weighted by Gasteiger charge is -2.02. The van der Waals surface area contributed by atoms with Crippen LogP contribution >= 0.6 is 11.6 Å². The molecule has 1 heterocycles. The summed E-state index contributed by atoms with van der Waals surface area (Å²) in [6.45, 7) is 2.36. The van der Waals surface area contributed by atoms with Crippen molar-refractivity contribution in [1.29, 1.82) is 0 Å². The lowest BCUT2D eigenvalue weighted by atomic mass is 10.6. The highest BCUT2D eigenvalue weighted by Crippen LogP contribution is 2.16. The van der Waals surface area contributed by atoms with Crippen LogP contribution in [0.25, 0.3) is 0 Å². The zero-order chi connectivity index (χ0) is 8.27. The number of nitrogens with zero attached hydrogens (tertiary/aromatic N) is 2. The van der Waals surface area contributed by atoms with E-state index in [-0.39, 0.29) is 11.0 Å². The molecule has 0 bridgehead atoms. The standard InChI is InChI=1S/C6H8ClN3O/c1-2-11-6-5(8)10-4(7)3-9-6/h3H,2H2,1H3,(H2,8,10). The maximum Gasteiger partial charge on any atom is 0.257 e. The van der Waals surface area contributed by atoms with Crippen LogP contribution in [0.4, 0.5) is 5.82 Å². The lowest BCUT2D eigenvalue weighted by Crippen LogP contribution is -2.01. The van der Waals surface area contributed by atoms with E-state index in [4.69, 9.17) is 22.1 Å². The summed E-state index contributed by atoms with van der Waals surface area (Å²) in [6.07, 6.45) is 1.39. The molecular weight excluding hydrogens is 166 g/mol. The Balaban J connectivity index is 2.90. The minimum Gasteiger partial charge on any atom is -0.475 e. The van der Waals surface area contributed by atoms with Crippen LogP contribution in [-0.4, -0.2) is 16.6 Å². The largest absolute Gasteiger partial charge is 0.475 e. The number of aromatic nitrogens is 2.